The molecule has 4 nitrogen and oxygen atoms in total. The number of aromatic nitrogens is 1. The van der Waals surface area contributed by atoms with Crippen LogP contribution >= 0.6 is 11.3 Å². The summed E-state index contributed by atoms with van der Waals surface area (Å²) < 4.78 is 0. The van der Waals surface area contributed by atoms with E-state index in [0.717, 1.165) is 21.0 Å². The maximum Gasteiger partial charge on any atom is 0.261 e. The summed E-state index contributed by atoms with van der Waals surface area (Å²) >= 11 is 1.50. The number of aryl methyl sites for hydroxylation is 2. The van der Waals surface area contributed by atoms with Gasteiger partial charge in [-0.15, -0.1) is 11.3 Å². The Kier molecular flexibility index (Phi) is 5.47. The molecule has 1 amide bonds. The van der Waals surface area contributed by atoms with Crippen molar-refractivity contribution in [3.05, 3.63) is 51.5 Å². The van der Waals surface area contributed by atoms with Gasteiger partial charge in [0.25, 0.3) is 5.91 Å². The minimum Gasteiger partial charge on any atom is -0.396 e. The van der Waals surface area contributed by atoms with Crippen LogP contribution in [0.15, 0.2) is 30.5 Å². The largest absolute Gasteiger partial charge is 0.396 e. The van der Waals surface area contributed by atoms with Crippen molar-refractivity contribution in [2.24, 2.45) is 5.92 Å². The van der Waals surface area contributed by atoms with Gasteiger partial charge in [-0.3, -0.25) is 9.78 Å². The van der Waals surface area contributed by atoms with Crippen molar-refractivity contribution in [2.45, 2.75) is 20.3 Å². The summed E-state index contributed by atoms with van der Waals surface area (Å²) in [5.74, 6) is -0.0957. The number of nitrogens with zero attached hydrogens (tertiary/aromatic N) is 1. The molecule has 0 spiro atoms. The average molecular weight is 304 g/mol. The van der Waals surface area contributed by atoms with Crippen LogP contribution in [0.2, 0.25) is 0 Å². The zero-order chi connectivity index (χ0) is 15.2. The van der Waals surface area contributed by atoms with Gasteiger partial charge in [0.05, 0.1) is 4.88 Å². The summed E-state index contributed by atoms with van der Waals surface area (Å²) in [5.41, 5.74) is 2.06. The highest BCUT2D eigenvalue weighted by Crippen LogP contribution is 2.20. The fraction of sp³-hybridized carbons (Fsp3) is 0.375. The predicted octanol–water partition coefficient (Wildman–Crippen LogP) is 2.34. The van der Waals surface area contributed by atoms with Crippen LogP contribution in [0.4, 0.5) is 0 Å². The molecule has 0 aliphatic rings. The van der Waals surface area contributed by atoms with Crippen LogP contribution in [0.5, 0.6) is 0 Å². The van der Waals surface area contributed by atoms with E-state index in [1.807, 2.05) is 38.1 Å². The topological polar surface area (TPSA) is 62.2 Å². The molecular formula is C16H20N2O2S. The maximum absolute atomic E-state index is 12.1. The number of aliphatic hydroxyl groups is 1. The first kappa shape index (κ1) is 15.7. The zero-order valence-corrected chi connectivity index (χ0v) is 13.1. The van der Waals surface area contributed by atoms with Crippen LogP contribution in [0.25, 0.3) is 0 Å². The molecule has 2 aromatic heterocycles. The van der Waals surface area contributed by atoms with Crippen LogP contribution < -0.4 is 5.32 Å². The Balaban J connectivity index is 1.89. The van der Waals surface area contributed by atoms with Crippen molar-refractivity contribution in [2.75, 3.05) is 13.2 Å². The van der Waals surface area contributed by atoms with Crippen molar-refractivity contribution >= 4 is 17.2 Å². The smallest absolute Gasteiger partial charge is 0.261 e. The monoisotopic (exact) mass is 304 g/mol. The van der Waals surface area contributed by atoms with Gasteiger partial charge in [0.15, 0.2) is 0 Å². The van der Waals surface area contributed by atoms with Gasteiger partial charge in [0.1, 0.15) is 0 Å². The first-order chi connectivity index (χ1) is 10.1. The van der Waals surface area contributed by atoms with Crippen molar-refractivity contribution in [3.63, 3.8) is 0 Å². The van der Waals surface area contributed by atoms with E-state index in [9.17, 15) is 9.90 Å². The fourth-order valence-corrected chi connectivity index (χ4v) is 2.98. The number of rotatable bonds is 6. The lowest BCUT2D eigenvalue weighted by Crippen LogP contribution is -2.31. The molecule has 2 aromatic rings. The SMILES string of the molecule is Cc1cc(C(=O)NCC(CO)Cc2ccccn2)sc1C. The summed E-state index contributed by atoms with van der Waals surface area (Å²) in [5, 5.41) is 12.3. The van der Waals surface area contributed by atoms with E-state index >= 15 is 0 Å². The number of nitrogens with one attached hydrogen (secondary N) is 1. The zero-order valence-electron chi connectivity index (χ0n) is 12.3. The van der Waals surface area contributed by atoms with Gasteiger partial charge in [0.2, 0.25) is 0 Å². The third-order valence-corrected chi connectivity index (χ3v) is 4.57. The highest BCUT2D eigenvalue weighted by Gasteiger charge is 2.14. The Labute approximate surface area is 128 Å². The van der Waals surface area contributed by atoms with Crippen molar-refractivity contribution in [1.29, 1.82) is 0 Å². The minimum absolute atomic E-state index is 0.0222. The molecule has 0 radical (unpaired) electrons. The van der Waals surface area contributed by atoms with Gasteiger partial charge >= 0.3 is 0 Å². The molecular weight excluding hydrogens is 284 g/mol. The molecule has 0 aliphatic carbocycles. The van der Waals surface area contributed by atoms with Gasteiger partial charge in [-0.1, -0.05) is 6.07 Å². The third-order valence-electron chi connectivity index (χ3n) is 3.42. The number of hydrogen-bond acceptors (Lipinski definition) is 4. The Morgan fingerprint density at radius 1 is 1.43 bits per heavy atom. The number of amides is 1. The maximum atomic E-state index is 12.1. The number of thiophene rings is 1. The molecule has 2 heterocycles. The second kappa shape index (κ2) is 7.33. The van der Waals surface area contributed by atoms with Gasteiger partial charge in [0, 0.05) is 35.8 Å². The first-order valence-electron chi connectivity index (χ1n) is 6.96. The van der Waals surface area contributed by atoms with Crippen molar-refractivity contribution in [1.82, 2.24) is 10.3 Å². The summed E-state index contributed by atoms with van der Waals surface area (Å²) in [6.07, 6.45) is 2.39. The standard InChI is InChI=1S/C16H20N2O2S/c1-11-7-15(21-12(11)2)16(20)18-9-13(10-19)8-14-5-3-4-6-17-14/h3-7,13,19H,8-10H2,1-2H3,(H,18,20). The van der Waals surface area contributed by atoms with Crippen molar-refractivity contribution in [3.8, 4) is 0 Å². The lowest BCUT2D eigenvalue weighted by molar-refractivity contribution is 0.0944. The molecule has 21 heavy (non-hydrogen) atoms. The van der Waals surface area contributed by atoms with E-state index in [1.165, 1.54) is 11.3 Å². The second-order valence-corrected chi connectivity index (χ2v) is 6.39. The number of carbonyl (C=O) groups excluding carboxylic acids is 1. The Morgan fingerprint density at radius 2 is 2.24 bits per heavy atom. The van der Waals surface area contributed by atoms with E-state index in [2.05, 4.69) is 10.3 Å². The van der Waals surface area contributed by atoms with E-state index in [-0.39, 0.29) is 18.4 Å². The molecule has 2 N–H and O–H groups in total. The number of aliphatic hydroxyl groups excluding tert-OH is 1. The quantitative estimate of drug-likeness (QED) is 0.861. The lowest BCUT2D eigenvalue weighted by Gasteiger charge is -2.14. The fourth-order valence-electron chi connectivity index (χ4n) is 2.03. The molecule has 0 saturated heterocycles. The first-order valence-corrected chi connectivity index (χ1v) is 7.77. The van der Waals surface area contributed by atoms with E-state index in [0.29, 0.717) is 13.0 Å². The molecule has 0 aliphatic heterocycles. The Morgan fingerprint density at radius 3 is 2.81 bits per heavy atom. The van der Waals surface area contributed by atoms with Gasteiger partial charge < -0.3 is 10.4 Å². The van der Waals surface area contributed by atoms with E-state index in [1.54, 1.807) is 6.20 Å². The van der Waals surface area contributed by atoms with Gasteiger partial charge in [-0.25, -0.2) is 0 Å². The molecule has 0 aromatic carbocycles. The molecule has 0 saturated carbocycles. The number of hydrogen-bond donors (Lipinski definition) is 2. The molecule has 0 fully saturated rings. The third kappa shape index (κ3) is 4.37. The van der Waals surface area contributed by atoms with E-state index < -0.39 is 0 Å². The Hall–Kier alpha value is -1.72. The molecule has 2 rings (SSSR count). The second-order valence-electron chi connectivity index (χ2n) is 5.13. The molecule has 1 unspecified atom stereocenters. The van der Waals surface area contributed by atoms with Crippen molar-refractivity contribution < 1.29 is 9.90 Å². The number of pyridine rings is 1. The van der Waals surface area contributed by atoms with Crippen LogP contribution in [0, 0.1) is 19.8 Å². The highest BCUT2D eigenvalue weighted by atomic mass is 32.1. The minimum atomic E-state index is -0.0735. The summed E-state index contributed by atoms with van der Waals surface area (Å²) in [7, 11) is 0. The average Bonchev–Trinajstić information content (AvgIpc) is 2.84. The predicted molar refractivity (Wildman–Crippen MR) is 84.6 cm³/mol. The molecule has 112 valence electrons. The summed E-state index contributed by atoms with van der Waals surface area (Å²) in [6.45, 7) is 4.48. The molecule has 1 atom stereocenters. The molecule has 0 bridgehead atoms. The van der Waals surface area contributed by atoms with Crippen LogP contribution in [0.3, 0.4) is 0 Å². The number of carbonyl (C=O) groups is 1. The summed E-state index contributed by atoms with van der Waals surface area (Å²) in [6, 6.07) is 7.62. The van der Waals surface area contributed by atoms with Crippen LogP contribution in [-0.4, -0.2) is 29.1 Å². The van der Waals surface area contributed by atoms with Gasteiger partial charge in [-0.2, -0.15) is 0 Å². The van der Waals surface area contributed by atoms with E-state index in [4.69, 9.17) is 0 Å². The Bertz CT molecular complexity index is 576. The van der Waals surface area contributed by atoms with Crippen LogP contribution in [0.1, 0.15) is 25.8 Å². The highest BCUT2D eigenvalue weighted by molar-refractivity contribution is 7.14. The van der Waals surface area contributed by atoms with Crippen LogP contribution in [-0.2, 0) is 6.42 Å². The summed E-state index contributed by atoms with van der Waals surface area (Å²) in [4.78, 5) is 18.2. The normalized spacial score (nSPS) is 12.1. The molecule has 5 heteroatoms. The lowest BCUT2D eigenvalue weighted by atomic mass is 10.0. The van der Waals surface area contributed by atoms with Gasteiger partial charge in [-0.05, 0) is 44.0 Å².